The average Bonchev–Trinajstić information content (AvgIpc) is 2.75. The summed E-state index contributed by atoms with van der Waals surface area (Å²) >= 11 is 0. The van der Waals surface area contributed by atoms with Crippen LogP contribution in [0.3, 0.4) is 0 Å². The van der Waals surface area contributed by atoms with E-state index >= 15 is 0 Å². The lowest BCUT2D eigenvalue weighted by Gasteiger charge is -2.10. The highest BCUT2D eigenvalue weighted by Gasteiger charge is 2.09. The molecule has 1 N–H and O–H groups in total. The van der Waals surface area contributed by atoms with Crippen molar-refractivity contribution in [1.29, 1.82) is 0 Å². The van der Waals surface area contributed by atoms with Gasteiger partial charge in [0.2, 0.25) is 5.91 Å². The third kappa shape index (κ3) is 5.44. The first-order valence-electron chi connectivity index (χ1n) is 9.30. The Morgan fingerprint density at radius 3 is 2.24 bits per heavy atom. The Balaban J connectivity index is 1.60. The molecule has 0 fully saturated rings. The summed E-state index contributed by atoms with van der Waals surface area (Å²) in [7, 11) is 1.58. The predicted molar refractivity (Wildman–Crippen MR) is 110 cm³/mol. The highest BCUT2D eigenvalue weighted by Crippen LogP contribution is 2.11. The number of hydrogen-bond donors (Lipinski definition) is 1. The van der Waals surface area contributed by atoms with Crippen molar-refractivity contribution in [1.82, 2.24) is 14.5 Å². The molecule has 0 aliphatic rings. The molecular weight excluding hydrogens is 370 g/mol. The Morgan fingerprint density at radius 2 is 1.55 bits per heavy atom. The normalized spacial score (nSPS) is 10.5. The van der Waals surface area contributed by atoms with Gasteiger partial charge in [0.05, 0.1) is 13.7 Å². The van der Waals surface area contributed by atoms with Gasteiger partial charge in [-0.15, -0.1) is 0 Å². The number of nitrogens with one attached hydrogen (secondary N) is 1. The van der Waals surface area contributed by atoms with Gasteiger partial charge in [-0.25, -0.2) is 0 Å². The second-order valence-electron chi connectivity index (χ2n) is 6.60. The summed E-state index contributed by atoms with van der Waals surface area (Å²) in [6.07, 6.45) is 3.68. The molecule has 0 aliphatic heterocycles. The van der Waals surface area contributed by atoms with Gasteiger partial charge in [0.25, 0.3) is 0 Å². The van der Waals surface area contributed by atoms with E-state index in [9.17, 15) is 14.4 Å². The van der Waals surface area contributed by atoms with Crippen molar-refractivity contribution >= 4 is 5.91 Å². The zero-order valence-electron chi connectivity index (χ0n) is 16.2. The van der Waals surface area contributed by atoms with Gasteiger partial charge in [-0.3, -0.25) is 19.0 Å². The van der Waals surface area contributed by atoms with Crippen LogP contribution >= 0.6 is 0 Å². The summed E-state index contributed by atoms with van der Waals surface area (Å²) in [5, 5.41) is 2.77. The van der Waals surface area contributed by atoms with Crippen LogP contribution in [0, 0.1) is 0 Å². The third-order valence-corrected chi connectivity index (χ3v) is 4.54. The smallest absolute Gasteiger partial charge is 0.316 e. The highest BCUT2D eigenvalue weighted by molar-refractivity contribution is 5.75. The number of hydrogen-bond acceptors (Lipinski definition) is 4. The van der Waals surface area contributed by atoms with Crippen LogP contribution < -0.4 is 21.2 Å². The fourth-order valence-corrected chi connectivity index (χ4v) is 2.92. The van der Waals surface area contributed by atoms with Crippen LogP contribution in [-0.2, 0) is 24.3 Å². The molecule has 0 aliphatic carbocycles. The molecule has 7 heteroatoms. The monoisotopic (exact) mass is 393 g/mol. The van der Waals surface area contributed by atoms with Crippen molar-refractivity contribution in [3.63, 3.8) is 0 Å². The maximum absolute atomic E-state index is 12.4. The summed E-state index contributed by atoms with van der Waals surface area (Å²) in [6.45, 7) is 0.542. The zero-order valence-corrected chi connectivity index (χ0v) is 16.2. The second kappa shape index (κ2) is 9.54. The summed E-state index contributed by atoms with van der Waals surface area (Å²) in [4.78, 5) is 36.8. The van der Waals surface area contributed by atoms with E-state index in [1.807, 2.05) is 42.5 Å². The molecule has 3 aromatic rings. The SMILES string of the molecule is COc1ccc(Cn2ccn(CC(=O)NCCc3ccccc3)c(=O)c2=O)cc1. The molecule has 0 bridgehead atoms. The van der Waals surface area contributed by atoms with Gasteiger partial charge in [0.1, 0.15) is 12.3 Å². The van der Waals surface area contributed by atoms with Crippen LogP contribution in [-0.4, -0.2) is 28.7 Å². The van der Waals surface area contributed by atoms with Gasteiger partial charge in [0, 0.05) is 18.9 Å². The highest BCUT2D eigenvalue weighted by atomic mass is 16.5. The van der Waals surface area contributed by atoms with E-state index in [2.05, 4.69) is 5.32 Å². The Morgan fingerprint density at radius 1 is 0.897 bits per heavy atom. The van der Waals surface area contributed by atoms with Gasteiger partial charge in [-0.2, -0.15) is 0 Å². The molecule has 3 rings (SSSR count). The molecule has 7 nitrogen and oxygen atoms in total. The van der Waals surface area contributed by atoms with E-state index in [0.717, 1.165) is 21.4 Å². The zero-order chi connectivity index (χ0) is 20.6. The number of benzene rings is 2. The van der Waals surface area contributed by atoms with Gasteiger partial charge in [-0.05, 0) is 29.7 Å². The van der Waals surface area contributed by atoms with Crippen LogP contribution in [0.4, 0.5) is 0 Å². The van der Waals surface area contributed by atoms with E-state index in [-0.39, 0.29) is 19.0 Å². The number of aromatic nitrogens is 2. The largest absolute Gasteiger partial charge is 0.497 e. The Bertz CT molecular complexity index is 1070. The molecule has 1 aromatic heterocycles. The number of amides is 1. The van der Waals surface area contributed by atoms with Gasteiger partial charge in [-0.1, -0.05) is 42.5 Å². The van der Waals surface area contributed by atoms with Crippen molar-refractivity contribution in [2.45, 2.75) is 19.5 Å². The lowest BCUT2D eigenvalue weighted by atomic mass is 10.1. The van der Waals surface area contributed by atoms with Crippen LogP contribution in [0.2, 0.25) is 0 Å². The summed E-state index contributed by atoms with van der Waals surface area (Å²) in [6, 6.07) is 17.0. The number of carbonyl (C=O) groups excluding carboxylic acids is 1. The van der Waals surface area contributed by atoms with Crippen LogP contribution in [0.25, 0.3) is 0 Å². The molecule has 150 valence electrons. The van der Waals surface area contributed by atoms with Gasteiger partial charge >= 0.3 is 11.1 Å². The maximum atomic E-state index is 12.4. The lowest BCUT2D eigenvalue weighted by Crippen LogP contribution is -2.43. The van der Waals surface area contributed by atoms with Gasteiger partial charge in [0.15, 0.2) is 0 Å². The molecule has 0 saturated carbocycles. The van der Waals surface area contributed by atoms with Crippen molar-refractivity contribution in [3.8, 4) is 5.75 Å². The van der Waals surface area contributed by atoms with E-state index in [0.29, 0.717) is 13.0 Å². The van der Waals surface area contributed by atoms with Crippen LogP contribution in [0.5, 0.6) is 5.75 Å². The van der Waals surface area contributed by atoms with Crippen molar-refractivity contribution in [2.75, 3.05) is 13.7 Å². The Labute approximate surface area is 168 Å². The quantitative estimate of drug-likeness (QED) is 0.587. The van der Waals surface area contributed by atoms with Crippen molar-refractivity contribution in [3.05, 3.63) is 98.8 Å². The molecular formula is C22H23N3O4. The molecule has 0 saturated heterocycles. The molecule has 2 aromatic carbocycles. The standard InChI is InChI=1S/C22H23N3O4/c1-29-19-9-7-18(8-10-19)15-24-13-14-25(22(28)21(24)27)16-20(26)23-12-11-17-5-3-2-4-6-17/h2-10,13-14H,11-12,15-16H2,1H3,(H,23,26). The molecule has 0 radical (unpaired) electrons. The molecule has 0 unspecified atom stereocenters. The topological polar surface area (TPSA) is 82.3 Å². The minimum Gasteiger partial charge on any atom is -0.497 e. The minimum absolute atomic E-state index is 0.188. The Hall–Kier alpha value is -3.61. The van der Waals surface area contributed by atoms with E-state index in [1.54, 1.807) is 19.2 Å². The van der Waals surface area contributed by atoms with Crippen molar-refractivity contribution in [2.24, 2.45) is 0 Å². The fraction of sp³-hybridized carbons (Fsp3) is 0.227. The number of methoxy groups -OCH3 is 1. The first kappa shape index (κ1) is 20.1. The number of rotatable bonds is 8. The predicted octanol–water partition coefficient (Wildman–Crippen LogP) is 1.43. The summed E-state index contributed by atoms with van der Waals surface area (Å²) in [5.74, 6) is 0.408. The minimum atomic E-state index is -0.723. The molecule has 0 spiro atoms. The van der Waals surface area contributed by atoms with Crippen molar-refractivity contribution < 1.29 is 9.53 Å². The summed E-state index contributed by atoms with van der Waals surface area (Å²) < 4.78 is 7.57. The molecule has 29 heavy (non-hydrogen) atoms. The van der Waals surface area contributed by atoms with E-state index < -0.39 is 11.1 Å². The maximum Gasteiger partial charge on any atom is 0.316 e. The first-order chi connectivity index (χ1) is 14.1. The van der Waals surface area contributed by atoms with Gasteiger partial charge < -0.3 is 14.6 Å². The number of nitrogens with zero attached hydrogens (tertiary/aromatic N) is 2. The lowest BCUT2D eigenvalue weighted by molar-refractivity contribution is -0.121. The van der Waals surface area contributed by atoms with Crippen LogP contribution in [0.1, 0.15) is 11.1 Å². The molecule has 0 atom stereocenters. The third-order valence-electron chi connectivity index (χ3n) is 4.54. The van der Waals surface area contributed by atoms with Crippen LogP contribution in [0.15, 0.2) is 76.6 Å². The number of ether oxygens (including phenoxy) is 1. The fourth-order valence-electron chi connectivity index (χ4n) is 2.92. The number of carbonyl (C=O) groups is 1. The summed E-state index contributed by atoms with van der Waals surface area (Å²) in [5.41, 5.74) is 0.592. The van der Waals surface area contributed by atoms with E-state index in [4.69, 9.17) is 4.74 Å². The second-order valence-corrected chi connectivity index (χ2v) is 6.60. The average molecular weight is 393 g/mol. The first-order valence-corrected chi connectivity index (χ1v) is 9.30. The molecule has 1 amide bonds. The Kier molecular flexibility index (Phi) is 6.63. The van der Waals surface area contributed by atoms with E-state index in [1.165, 1.54) is 17.0 Å². The molecule has 1 heterocycles.